The third-order valence-electron chi connectivity index (χ3n) is 7.72. The molecule has 0 unspecified atom stereocenters. The van der Waals surface area contributed by atoms with Crippen molar-refractivity contribution < 1.29 is 33.2 Å². The molecule has 0 aromatic carbocycles. The highest BCUT2D eigenvalue weighted by Crippen LogP contribution is 2.51. The van der Waals surface area contributed by atoms with E-state index in [1.54, 1.807) is 0 Å². The fourth-order valence-corrected chi connectivity index (χ4v) is 4.89. The van der Waals surface area contributed by atoms with Gasteiger partial charge >= 0.3 is 6.16 Å². The van der Waals surface area contributed by atoms with E-state index in [1.807, 2.05) is 20.8 Å². The molecule has 7 atom stereocenters. The molecule has 0 amide bonds. The van der Waals surface area contributed by atoms with E-state index in [9.17, 15) is 4.79 Å². The fraction of sp³-hybridized carbons (Fsp3) is 0.960. The largest absolute Gasteiger partial charge is 0.508 e. The summed E-state index contributed by atoms with van der Waals surface area (Å²) >= 11 is 0. The maximum absolute atomic E-state index is 11.7. The lowest BCUT2D eigenvalue weighted by Crippen LogP contribution is -2.26. The molecule has 4 saturated heterocycles. The van der Waals surface area contributed by atoms with Crippen LogP contribution in [0, 0.1) is 0 Å². The lowest BCUT2D eigenvalue weighted by Gasteiger charge is -2.18. The molecule has 0 spiro atoms. The van der Waals surface area contributed by atoms with Crippen molar-refractivity contribution >= 4 is 6.16 Å². The molecule has 7 nitrogen and oxygen atoms in total. The predicted molar refractivity (Wildman–Crippen MR) is 119 cm³/mol. The summed E-state index contributed by atoms with van der Waals surface area (Å²) in [6.07, 6.45) is 6.33. The van der Waals surface area contributed by atoms with Crippen molar-refractivity contribution in [2.45, 2.75) is 146 Å². The summed E-state index contributed by atoms with van der Waals surface area (Å²) in [7, 11) is 0. The standard InChI is InChI=1S/C25H42O7/c1-21(2,3)32-20(26)27-15-19-25(8,31-19)14-11-18-24(7,30-18)13-10-17-23(6,29-17)12-9-16-22(4,5)28-16/h16-19H,9-15H2,1-8H3/t16-,17-,18-,19-,23-,24-,25-/m1/s1. The van der Waals surface area contributed by atoms with Gasteiger partial charge in [-0.05, 0) is 93.9 Å². The fourth-order valence-electron chi connectivity index (χ4n) is 4.89. The van der Waals surface area contributed by atoms with Crippen LogP contribution >= 0.6 is 0 Å². The van der Waals surface area contributed by atoms with Crippen molar-refractivity contribution in [3.05, 3.63) is 0 Å². The second-order valence-corrected chi connectivity index (χ2v) is 12.4. The molecule has 0 aromatic heterocycles. The zero-order chi connectivity index (χ0) is 23.6. The van der Waals surface area contributed by atoms with Gasteiger partial charge in [0.2, 0.25) is 0 Å². The minimum Gasteiger partial charge on any atom is -0.431 e. The minimum absolute atomic E-state index is 0.0134. The van der Waals surface area contributed by atoms with Crippen LogP contribution < -0.4 is 0 Å². The maximum atomic E-state index is 11.7. The minimum atomic E-state index is -0.642. The smallest absolute Gasteiger partial charge is 0.431 e. The Morgan fingerprint density at radius 3 is 1.56 bits per heavy atom. The lowest BCUT2D eigenvalue weighted by molar-refractivity contribution is -0.00949. The summed E-state index contributed by atoms with van der Waals surface area (Å²) in [5.74, 6) is 0. The summed E-state index contributed by atoms with van der Waals surface area (Å²) in [6, 6.07) is 0. The van der Waals surface area contributed by atoms with Gasteiger partial charge in [-0.2, -0.15) is 0 Å². The number of epoxide rings is 4. The second-order valence-electron chi connectivity index (χ2n) is 12.4. The van der Waals surface area contributed by atoms with Crippen molar-refractivity contribution in [3.63, 3.8) is 0 Å². The van der Waals surface area contributed by atoms with Crippen LogP contribution in [0.25, 0.3) is 0 Å². The summed E-state index contributed by atoms with van der Waals surface area (Å²) in [6.45, 7) is 16.5. The van der Waals surface area contributed by atoms with Gasteiger partial charge in [0, 0.05) is 0 Å². The highest BCUT2D eigenvalue weighted by molar-refractivity contribution is 5.60. The third kappa shape index (κ3) is 5.78. The molecule has 0 aliphatic carbocycles. The molecule has 32 heavy (non-hydrogen) atoms. The van der Waals surface area contributed by atoms with Crippen LogP contribution in [0.2, 0.25) is 0 Å². The van der Waals surface area contributed by atoms with Gasteiger partial charge in [0.15, 0.2) is 0 Å². The Hall–Kier alpha value is -0.890. The average Bonchev–Trinajstić information content (AvgIpc) is 3.57. The molecule has 7 heteroatoms. The first kappa shape index (κ1) is 24.2. The second kappa shape index (κ2) is 7.82. The monoisotopic (exact) mass is 454 g/mol. The highest BCUT2D eigenvalue weighted by Gasteiger charge is 2.59. The Kier molecular flexibility index (Phi) is 5.93. The SMILES string of the molecule is CC(C)(C)OC(=O)OC[C@H]1O[C@]1(C)CC[C@H]1O[C@]1(C)CC[C@H]1O[C@]1(C)CC[C@H]1OC1(C)C. The summed E-state index contributed by atoms with van der Waals surface area (Å²) in [4.78, 5) is 11.7. The summed E-state index contributed by atoms with van der Waals surface area (Å²) in [5.41, 5.74) is -0.774. The normalized spacial score (nSPS) is 43.5. The third-order valence-corrected chi connectivity index (χ3v) is 7.72. The van der Waals surface area contributed by atoms with E-state index in [1.165, 1.54) is 0 Å². The van der Waals surface area contributed by atoms with E-state index in [0.29, 0.717) is 12.2 Å². The summed E-state index contributed by atoms with van der Waals surface area (Å²) < 4.78 is 34.0. The van der Waals surface area contributed by atoms with Crippen molar-refractivity contribution in [2.24, 2.45) is 0 Å². The number of carbonyl (C=O) groups excluding carboxylic acids is 1. The first-order chi connectivity index (χ1) is 14.6. The zero-order valence-electron chi connectivity index (χ0n) is 21.1. The molecule has 4 rings (SSSR count). The van der Waals surface area contributed by atoms with Crippen molar-refractivity contribution in [1.29, 1.82) is 0 Å². The lowest BCUT2D eigenvalue weighted by atomic mass is 9.90. The number of ether oxygens (including phenoxy) is 6. The van der Waals surface area contributed by atoms with E-state index >= 15 is 0 Å². The molecule has 4 aliphatic heterocycles. The van der Waals surface area contributed by atoms with Gasteiger partial charge in [0.25, 0.3) is 0 Å². The van der Waals surface area contributed by atoms with Crippen LogP contribution in [-0.4, -0.2) is 65.2 Å². The van der Waals surface area contributed by atoms with Crippen LogP contribution in [0.15, 0.2) is 0 Å². The van der Waals surface area contributed by atoms with Crippen LogP contribution in [0.5, 0.6) is 0 Å². The van der Waals surface area contributed by atoms with Crippen molar-refractivity contribution in [3.8, 4) is 0 Å². The molecule has 4 aliphatic rings. The molecule has 184 valence electrons. The number of hydrogen-bond acceptors (Lipinski definition) is 7. The first-order valence-corrected chi connectivity index (χ1v) is 12.2. The Labute approximate surface area is 192 Å². The van der Waals surface area contributed by atoms with E-state index in [-0.39, 0.29) is 41.2 Å². The van der Waals surface area contributed by atoms with Crippen LogP contribution in [-0.2, 0) is 28.4 Å². The van der Waals surface area contributed by atoms with Crippen LogP contribution in [0.3, 0.4) is 0 Å². The first-order valence-electron chi connectivity index (χ1n) is 12.2. The zero-order valence-corrected chi connectivity index (χ0v) is 21.1. The number of hydrogen-bond donors (Lipinski definition) is 0. The van der Waals surface area contributed by atoms with Gasteiger partial charge in [-0.25, -0.2) is 4.79 Å². The Balaban J connectivity index is 1.09. The highest BCUT2D eigenvalue weighted by atomic mass is 16.7. The van der Waals surface area contributed by atoms with E-state index < -0.39 is 11.8 Å². The van der Waals surface area contributed by atoms with E-state index in [0.717, 1.165) is 38.5 Å². The quantitative estimate of drug-likeness (QED) is 0.323. The number of carbonyl (C=O) groups is 1. The molecule has 0 radical (unpaired) electrons. The molecular weight excluding hydrogens is 412 g/mol. The molecular formula is C25H42O7. The Bertz CT molecular complexity index is 730. The van der Waals surface area contributed by atoms with Gasteiger partial charge in [0.1, 0.15) is 18.3 Å². The van der Waals surface area contributed by atoms with Gasteiger partial charge in [-0.1, -0.05) is 0 Å². The Morgan fingerprint density at radius 1 is 0.719 bits per heavy atom. The van der Waals surface area contributed by atoms with Crippen molar-refractivity contribution in [2.75, 3.05) is 6.61 Å². The maximum Gasteiger partial charge on any atom is 0.508 e. The number of rotatable bonds is 11. The molecule has 0 N–H and O–H groups in total. The predicted octanol–water partition coefficient (Wildman–Crippen LogP) is 4.93. The molecule has 4 heterocycles. The molecule has 0 bridgehead atoms. The van der Waals surface area contributed by atoms with Crippen molar-refractivity contribution in [1.82, 2.24) is 0 Å². The molecule has 0 saturated carbocycles. The van der Waals surface area contributed by atoms with Gasteiger partial charge in [-0.3, -0.25) is 0 Å². The van der Waals surface area contributed by atoms with Gasteiger partial charge in [-0.15, -0.1) is 0 Å². The van der Waals surface area contributed by atoms with E-state index in [4.69, 9.17) is 28.4 Å². The summed E-state index contributed by atoms with van der Waals surface area (Å²) in [5, 5.41) is 0. The van der Waals surface area contributed by atoms with Crippen LogP contribution in [0.1, 0.15) is 93.9 Å². The van der Waals surface area contributed by atoms with E-state index in [2.05, 4.69) is 34.6 Å². The topological polar surface area (TPSA) is 85.7 Å². The molecule has 0 aromatic rings. The van der Waals surface area contributed by atoms with Crippen LogP contribution in [0.4, 0.5) is 4.79 Å². The van der Waals surface area contributed by atoms with Gasteiger partial charge in [0.05, 0.1) is 40.7 Å². The average molecular weight is 455 g/mol. The molecule has 4 fully saturated rings. The Morgan fingerprint density at radius 2 is 1.12 bits per heavy atom. The van der Waals surface area contributed by atoms with Gasteiger partial charge < -0.3 is 28.4 Å².